The Morgan fingerprint density at radius 3 is 3.07 bits per heavy atom. The van der Waals surface area contributed by atoms with E-state index in [1.807, 2.05) is 0 Å². The molecule has 72 valence electrons. The summed E-state index contributed by atoms with van der Waals surface area (Å²) in [6.45, 7) is 1.78. The van der Waals surface area contributed by atoms with Crippen LogP contribution in [0.5, 0.6) is 0 Å². The fourth-order valence-corrected chi connectivity index (χ4v) is 1.18. The zero-order valence-corrected chi connectivity index (χ0v) is 7.76. The molecule has 2 aromatic rings. The lowest BCUT2D eigenvalue weighted by molar-refractivity contribution is 0.0590. The van der Waals surface area contributed by atoms with Gasteiger partial charge in [0.25, 0.3) is 5.78 Å². The van der Waals surface area contributed by atoms with Crippen LogP contribution in [0, 0.1) is 6.92 Å². The SMILES string of the molecule is COC(=O)c1cc(C)nc2ncnn12. The van der Waals surface area contributed by atoms with E-state index in [0.717, 1.165) is 0 Å². The maximum Gasteiger partial charge on any atom is 0.356 e. The summed E-state index contributed by atoms with van der Waals surface area (Å²) in [4.78, 5) is 19.3. The predicted molar refractivity (Wildman–Crippen MR) is 46.9 cm³/mol. The molecule has 0 fully saturated rings. The monoisotopic (exact) mass is 192 g/mol. The van der Waals surface area contributed by atoms with E-state index in [-0.39, 0.29) is 0 Å². The Morgan fingerprint density at radius 2 is 2.36 bits per heavy atom. The van der Waals surface area contributed by atoms with Crippen molar-refractivity contribution in [2.45, 2.75) is 6.92 Å². The molecule has 0 amide bonds. The van der Waals surface area contributed by atoms with Gasteiger partial charge in [-0.3, -0.25) is 0 Å². The molecule has 0 radical (unpaired) electrons. The summed E-state index contributed by atoms with van der Waals surface area (Å²) in [7, 11) is 1.32. The van der Waals surface area contributed by atoms with Gasteiger partial charge in [0, 0.05) is 5.69 Å². The topological polar surface area (TPSA) is 69.4 Å². The molecule has 0 aliphatic heterocycles. The van der Waals surface area contributed by atoms with Gasteiger partial charge >= 0.3 is 5.97 Å². The number of fused-ring (bicyclic) bond motifs is 1. The highest BCUT2D eigenvalue weighted by Gasteiger charge is 2.13. The molecule has 0 saturated heterocycles. The summed E-state index contributed by atoms with van der Waals surface area (Å²) >= 11 is 0. The van der Waals surface area contributed by atoms with Crippen molar-refractivity contribution in [2.75, 3.05) is 7.11 Å². The lowest BCUT2D eigenvalue weighted by atomic mass is 10.3. The van der Waals surface area contributed by atoms with Gasteiger partial charge in [-0.2, -0.15) is 14.6 Å². The molecule has 0 aliphatic rings. The van der Waals surface area contributed by atoms with Crippen molar-refractivity contribution < 1.29 is 9.53 Å². The number of methoxy groups -OCH3 is 1. The smallest absolute Gasteiger partial charge is 0.356 e. The number of nitrogens with zero attached hydrogens (tertiary/aromatic N) is 4. The minimum absolute atomic E-state index is 0.326. The number of aryl methyl sites for hydroxylation is 1. The molecule has 2 heterocycles. The average molecular weight is 192 g/mol. The molecule has 6 nitrogen and oxygen atoms in total. The quantitative estimate of drug-likeness (QED) is 0.604. The molecular formula is C8H8N4O2. The maximum absolute atomic E-state index is 11.3. The van der Waals surface area contributed by atoms with E-state index in [1.54, 1.807) is 13.0 Å². The fourth-order valence-electron chi connectivity index (χ4n) is 1.18. The second-order valence-corrected chi connectivity index (χ2v) is 2.75. The minimum atomic E-state index is -0.453. The standard InChI is InChI=1S/C8H8N4O2/c1-5-3-6(7(13)14-2)12-8(11-5)9-4-10-12/h3-4H,1-2H3. The van der Waals surface area contributed by atoms with E-state index in [2.05, 4.69) is 19.8 Å². The van der Waals surface area contributed by atoms with Gasteiger partial charge in [-0.25, -0.2) is 9.78 Å². The predicted octanol–water partition coefficient (Wildman–Crippen LogP) is 0.219. The summed E-state index contributed by atoms with van der Waals surface area (Å²) in [5, 5.41) is 3.87. The molecule has 0 bridgehead atoms. The Hall–Kier alpha value is -1.98. The van der Waals surface area contributed by atoms with E-state index in [4.69, 9.17) is 0 Å². The molecule has 2 aromatic heterocycles. The lowest BCUT2D eigenvalue weighted by Gasteiger charge is -2.01. The normalized spacial score (nSPS) is 10.4. The van der Waals surface area contributed by atoms with E-state index < -0.39 is 5.97 Å². The second kappa shape index (κ2) is 3.06. The Kier molecular flexibility index (Phi) is 1.88. The summed E-state index contributed by atoms with van der Waals surface area (Å²) in [6, 6.07) is 1.60. The van der Waals surface area contributed by atoms with Gasteiger partial charge < -0.3 is 4.74 Å². The van der Waals surface area contributed by atoms with E-state index >= 15 is 0 Å². The molecule has 0 atom stereocenters. The Balaban J connectivity index is 2.72. The van der Waals surface area contributed by atoms with Crippen LogP contribution in [0.2, 0.25) is 0 Å². The Morgan fingerprint density at radius 1 is 1.57 bits per heavy atom. The summed E-state index contributed by atoms with van der Waals surface area (Å²) < 4.78 is 5.96. The van der Waals surface area contributed by atoms with Crippen LogP contribution < -0.4 is 0 Å². The number of aromatic nitrogens is 4. The van der Waals surface area contributed by atoms with Crippen LogP contribution in [0.3, 0.4) is 0 Å². The third-order valence-electron chi connectivity index (χ3n) is 1.77. The first-order valence-corrected chi connectivity index (χ1v) is 3.98. The zero-order valence-electron chi connectivity index (χ0n) is 7.76. The molecule has 2 rings (SSSR count). The van der Waals surface area contributed by atoms with Crippen molar-refractivity contribution in [1.82, 2.24) is 19.6 Å². The molecule has 0 N–H and O–H groups in total. The maximum atomic E-state index is 11.3. The molecular weight excluding hydrogens is 184 g/mol. The first-order chi connectivity index (χ1) is 6.72. The third-order valence-corrected chi connectivity index (χ3v) is 1.77. The van der Waals surface area contributed by atoms with Crippen molar-refractivity contribution in [1.29, 1.82) is 0 Å². The molecule has 0 unspecified atom stereocenters. The number of hydrogen-bond donors (Lipinski definition) is 0. The van der Waals surface area contributed by atoms with Gasteiger partial charge in [-0.15, -0.1) is 0 Å². The number of esters is 1. The van der Waals surface area contributed by atoms with Crippen molar-refractivity contribution in [3.63, 3.8) is 0 Å². The Bertz CT molecular complexity index is 491. The molecule has 6 heteroatoms. The molecule has 0 spiro atoms. The number of ether oxygens (including phenoxy) is 1. The van der Waals surface area contributed by atoms with Gasteiger partial charge in [0.2, 0.25) is 0 Å². The van der Waals surface area contributed by atoms with Crippen LogP contribution in [0.25, 0.3) is 5.78 Å². The van der Waals surface area contributed by atoms with Crippen LogP contribution in [-0.4, -0.2) is 32.7 Å². The minimum Gasteiger partial charge on any atom is -0.464 e. The van der Waals surface area contributed by atoms with Crippen molar-refractivity contribution in [2.24, 2.45) is 0 Å². The molecule has 0 aliphatic carbocycles. The van der Waals surface area contributed by atoms with E-state index in [9.17, 15) is 4.79 Å². The first-order valence-electron chi connectivity index (χ1n) is 3.98. The van der Waals surface area contributed by atoms with Crippen LogP contribution in [0.15, 0.2) is 12.4 Å². The van der Waals surface area contributed by atoms with E-state index in [0.29, 0.717) is 17.2 Å². The molecule has 0 saturated carbocycles. The highest BCUT2D eigenvalue weighted by Crippen LogP contribution is 2.05. The largest absolute Gasteiger partial charge is 0.464 e. The van der Waals surface area contributed by atoms with Crippen LogP contribution in [0.1, 0.15) is 16.2 Å². The Labute approximate surface area is 79.5 Å². The highest BCUT2D eigenvalue weighted by molar-refractivity contribution is 5.87. The third kappa shape index (κ3) is 1.20. The van der Waals surface area contributed by atoms with Gasteiger partial charge in [-0.05, 0) is 13.0 Å². The fraction of sp³-hybridized carbons (Fsp3) is 0.250. The number of carbonyl (C=O) groups excluding carboxylic acids is 1. The second-order valence-electron chi connectivity index (χ2n) is 2.75. The average Bonchev–Trinajstić information content (AvgIpc) is 2.62. The number of carbonyl (C=O) groups is 1. The van der Waals surface area contributed by atoms with Gasteiger partial charge in [0.05, 0.1) is 7.11 Å². The first kappa shape index (κ1) is 8.61. The molecule has 0 aromatic carbocycles. The van der Waals surface area contributed by atoms with Crippen LogP contribution in [-0.2, 0) is 4.74 Å². The van der Waals surface area contributed by atoms with Crippen LogP contribution in [0.4, 0.5) is 0 Å². The van der Waals surface area contributed by atoms with Crippen molar-refractivity contribution in [3.8, 4) is 0 Å². The summed E-state index contributed by atoms with van der Waals surface area (Å²) in [5.41, 5.74) is 1.03. The van der Waals surface area contributed by atoms with E-state index in [1.165, 1.54) is 18.0 Å². The molecule has 14 heavy (non-hydrogen) atoms. The summed E-state index contributed by atoms with van der Waals surface area (Å²) in [6.07, 6.45) is 1.34. The lowest BCUT2D eigenvalue weighted by Crippen LogP contribution is -2.10. The van der Waals surface area contributed by atoms with Crippen molar-refractivity contribution in [3.05, 3.63) is 23.8 Å². The summed E-state index contributed by atoms with van der Waals surface area (Å²) in [5.74, 6) is -0.0589. The zero-order chi connectivity index (χ0) is 10.1. The van der Waals surface area contributed by atoms with Gasteiger partial charge in [0.15, 0.2) is 5.69 Å². The van der Waals surface area contributed by atoms with Gasteiger partial charge in [0.1, 0.15) is 6.33 Å². The van der Waals surface area contributed by atoms with Crippen LogP contribution >= 0.6 is 0 Å². The van der Waals surface area contributed by atoms with Crippen molar-refractivity contribution >= 4 is 11.7 Å². The highest BCUT2D eigenvalue weighted by atomic mass is 16.5. The van der Waals surface area contributed by atoms with Gasteiger partial charge in [-0.1, -0.05) is 0 Å². The number of rotatable bonds is 1. The number of hydrogen-bond acceptors (Lipinski definition) is 5.